The number of alkyl halides is 3. The van der Waals surface area contributed by atoms with E-state index >= 15 is 38.4 Å². The van der Waals surface area contributed by atoms with Crippen LogP contribution in [0.25, 0.3) is 0 Å². The quantitative estimate of drug-likeness (QED) is 0.0813. The Hall–Kier alpha value is -6.69. The van der Waals surface area contributed by atoms with E-state index in [9.17, 15) is 37.5 Å². The van der Waals surface area contributed by atoms with Gasteiger partial charge in [0.25, 0.3) is 0 Å². The van der Waals surface area contributed by atoms with Gasteiger partial charge >= 0.3 is 6.18 Å². The van der Waals surface area contributed by atoms with E-state index in [2.05, 4.69) is 21.3 Å². The van der Waals surface area contributed by atoms with E-state index in [1.165, 1.54) is 68.9 Å². The molecule has 2 heterocycles. The first-order valence-corrected chi connectivity index (χ1v) is 40.6. The number of halogens is 3. The molecular weight excluding hydrogens is 1430 g/mol. The summed E-state index contributed by atoms with van der Waals surface area (Å²) in [6, 6.07) is -13.9. The van der Waals surface area contributed by atoms with Crippen molar-refractivity contribution in [2.75, 3.05) is 88.8 Å². The van der Waals surface area contributed by atoms with Crippen molar-refractivity contribution in [3.63, 3.8) is 0 Å². The van der Waals surface area contributed by atoms with Gasteiger partial charge in [-0.25, -0.2) is 0 Å². The largest absolute Gasteiger partial charge is 0.416 e. The van der Waals surface area contributed by atoms with Crippen molar-refractivity contribution in [1.82, 2.24) is 60.5 Å². The number of aliphatic hydroxyl groups is 1. The van der Waals surface area contributed by atoms with Gasteiger partial charge in [0.2, 0.25) is 70.9 Å². The summed E-state index contributed by atoms with van der Waals surface area (Å²) in [5.41, 5.74) is -0.921. The highest BCUT2D eigenvalue weighted by molar-refractivity contribution is 5.99. The third kappa shape index (κ3) is 29.7. The monoisotopic (exact) mass is 1570 g/mol. The van der Waals surface area contributed by atoms with Crippen molar-refractivity contribution in [1.29, 1.82) is 0 Å². The van der Waals surface area contributed by atoms with Crippen LogP contribution >= 0.6 is 0 Å². The maximum atomic E-state index is 15.9. The molecule has 11 atom stereocenters. The minimum atomic E-state index is -5.16. The minimum Gasteiger partial charge on any atom is -0.382 e. The third-order valence-electron chi connectivity index (χ3n) is 22.1. The lowest BCUT2D eigenvalue weighted by molar-refractivity contribution is -0.217. The van der Waals surface area contributed by atoms with E-state index in [-0.39, 0.29) is 93.4 Å². The number of rotatable bonds is 20. The lowest BCUT2D eigenvalue weighted by Crippen LogP contribution is -2.62. The fourth-order valence-corrected chi connectivity index (χ4v) is 15.3. The van der Waals surface area contributed by atoms with E-state index in [1.807, 2.05) is 13.8 Å². The number of nitrogens with one attached hydrogen (secondary N) is 4. The smallest absolute Gasteiger partial charge is 0.382 e. The van der Waals surface area contributed by atoms with Crippen LogP contribution in [0.1, 0.15) is 231 Å². The standard InChI is InChI=1S/C80H139F3N12O15/c1-49(2)39-59-72(102)87-68(53(9)10)78(108)94(20)64(44-55-33-26-22-27-34-55)77(107)92(18)62(43-54-31-24-21-25-32-54)71(101)86-58(47-110-79(11,12)13)74(104)90(16)60(40-50(3)4)70(100)85-57(46-109-48-65(96)80(81,82)83)73(103)93(19)63(42-52(7)8)76(106)91(17)61(41-51(5)6)69(99)84-56(75(105)95-37-28-23-29-38-95)45-67(98)88(14)36-30-35-66(97)89(59)15/h49-65,68,96H,21-48H2,1-20H3,(H,84,99)(H,85,100)(H,86,101)(H,87,102)/t56-,57-,58-,59-,60-,61-,62-,63-,64-,65?,68-/m0/s1. The number of likely N-dealkylation sites (tertiary alicyclic amines) is 1. The average molecular weight is 1570 g/mol. The molecule has 5 N–H and O–H groups in total. The summed E-state index contributed by atoms with van der Waals surface area (Å²) >= 11 is 0. The van der Waals surface area contributed by atoms with Gasteiger partial charge in [0.05, 0.1) is 31.8 Å². The lowest BCUT2D eigenvalue weighted by atomic mass is 9.83. The molecule has 2 aliphatic carbocycles. The Bertz CT molecular complexity index is 3020. The molecule has 4 aliphatic rings. The van der Waals surface area contributed by atoms with Crippen molar-refractivity contribution in [3.8, 4) is 0 Å². The molecule has 0 bridgehead atoms. The number of likely N-dealkylation sites (N-methyl/N-ethyl adjacent to an activating group) is 6. The van der Waals surface area contributed by atoms with Crippen LogP contribution in [0.15, 0.2) is 0 Å². The van der Waals surface area contributed by atoms with Gasteiger partial charge in [-0.1, -0.05) is 133 Å². The predicted molar refractivity (Wildman–Crippen MR) is 413 cm³/mol. The maximum absolute atomic E-state index is 15.9. The molecule has 1 unspecified atom stereocenters. The zero-order chi connectivity index (χ0) is 83.0. The highest BCUT2D eigenvalue weighted by Gasteiger charge is 2.46. The first-order valence-electron chi connectivity index (χ1n) is 40.6. The van der Waals surface area contributed by atoms with Crippen LogP contribution in [0, 0.1) is 41.4 Å². The Labute approximate surface area is 653 Å². The van der Waals surface area contributed by atoms with E-state index in [4.69, 9.17) is 9.47 Å². The molecule has 630 valence electrons. The van der Waals surface area contributed by atoms with E-state index in [0.29, 0.717) is 25.9 Å². The molecule has 2 saturated heterocycles. The predicted octanol–water partition coefficient (Wildman–Crippen LogP) is 7.08. The Kier molecular flexibility index (Phi) is 38.9. The summed E-state index contributed by atoms with van der Waals surface area (Å²) in [6.45, 7) is 21.1. The Balaban J connectivity index is 2.01. The summed E-state index contributed by atoms with van der Waals surface area (Å²) < 4.78 is 53.3. The van der Waals surface area contributed by atoms with Crippen LogP contribution in [0.3, 0.4) is 0 Å². The SMILES string of the molecule is CC(C)C[C@H]1C(=O)N[C@@H](C(C)C)C(=O)N(C)[C@@H](CC2CCCCC2)C(=O)N(C)[C@@H](CC2CCCCC2)C(=O)N[C@@H](COC(C)(C)C)C(=O)N(C)[C@@H](CC(C)C)C(=O)N[C@@H](COCC(O)C(F)(F)F)C(=O)N(C)[C@@H](CC(C)C)C(=O)N(C)[C@@H](CC(C)C)C(=O)N[C@H](C(=O)N2CCCCC2)CC(=O)N(C)CCCC(=O)N1C. The third-order valence-corrected chi connectivity index (χ3v) is 22.1. The molecule has 110 heavy (non-hydrogen) atoms. The molecule has 2 saturated carbocycles. The summed E-state index contributed by atoms with van der Waals surface area (Å²) in [5.74, 6) is -10.2. The average Bonchev–Trinajstić information content (AvgIpc) is 0.806. The molecule has 4 fully saturated rings. The number of amides is 12. The molecule has 0 spiro atoms. The first kappa shape index (κ1) is 95.7. The summed E-state index contributed by atoms with van der Waals surface area (Å²) in [5, 5.41) is 21.5. The number of carbonyl (C=O) groups is 12. The second kappa shape index (κ2) is 44.7. The first-order chi connectivity index (χ1) is 51.3. The van der Waals surface area contributed by atoms with Crippen molar-refractivity contribution >= 4 is 70.9 Å². The van der Waals surface area contributed by atoms with Crippen molar-refractivity contribution in [2.24, 2.45) is 41.4 Å². The molecular formula is C80H139F3N12O15. The molecule has 0 aromatic rings. The van der Waals surface area contributed by atoms with Crippen LogP contribution in [0.5, 0.6) is 0 Å². The van der Waals surface area contributed by atoms with Gasteiger partial charge in [0.15, 0.2) is 6.10 Å². The highest BCUT2D eigenvalue weighted by atomic mass is 19.4. The Morgan fingerprint density at radius 2 is 0.845 bits per heavy atom. The van der Waals surface area contributed by atoms with Gasteiger partial charge in [-0.15, -0.1) is 0 Å². The molecule has 12 amide bonds. The van der Waals surface area contributed by atoms with Crippen LogP contribution < -0.4 is 21.3 Å². The van der Waals surface area contributed by atoms with Crippen molar-refractivity contribution in [3.05, 3.63) is 0 Å². The molecule has 0 aromatic carbocycles. The van der Waals surface area contributed by atoms with Gasteiger partial charge in [0, 0.05) is 75.4 Å². The molecule has 0 radical (unpaired) electrons. The second-order valence-corrected chi connectivity index (χ2v) is 34.8. The Morgan fingerprint density at radius 1 is 0.455 bits per heavy atom. The lowest BCUT2D eigenvalue weighted by Gasteiger charge is -2.40. The summed E-state index contributed by atoms with van der Waals surface area (Å²) in [6.07, 6.45) is 2.48. The fourth-order valence-electron chi connectivity index (χ4n) is 15.3. The van der Waals surface area contributed by atoms with E-state index in [0.717, 1.165) is 85.3 Å². The van der Waals surface area contributed by atoms with Gasteiger partial charge in [-0.2, -0.15) is 13.2 Å². The number of piperidine rings is 1. The zero-order valence-corrected chi connectivity index (χ0v) is 70.1. The van der Waals surface area contributed by atoms with Gasteiger partial charge in [-0.05, 0) is 126 Å². The normalized spacial score (nSPS) is 26.6. The fraction of sp³-hybridized carbons (Fsp3) is 0.850. The van der Waals surface area contributed by atoms with Crippen molar-refractivity contribution in [2.45, 2.75) is 310 Å². The van der Waals surface area contributed by atoms with Gasteiger partial charge in [-0.3, -0.25) is 57.5 Å². The van der Waals surface area contributed by atoms with Gasteiger partial charge < -0.3 is 75.0 Å². The number of ether oxygens (including phenoxy) is 2. The topological polar surface area (TPSA) is 318 Å². The number of nitrogens with zero attached hydrogens (tertiary/aromatic N) is 8. The van der Waals surface area contributed by atoms with Crippen LogP contribution in [-0.2, 0) is 67.0 Å². The molecule has 30 heteroatoms. The minimum absolute atomic E-state index is 0.00278. The number of hydrogen-bond acceptors (Lipinski definition) is 15. The number of aliphatic hydroxyl groups excluding tert-OH is 1. The van der Waals surface area contributed by atoms with Crippen LogP contribution in [-0.4, -0.2) is 282 Å². The molecule has 4 rings (SSSR count). The van der Waals surface area contributed by atoms with Crippen LogP contribution in [0.2, 0.25) is 0 Å². The van der Waals surface area contributed by atoms with Gasteiger partial charge in [0.1, 0.15) is 60.4 Å². The summed E-state index contributed by atoms with van der Waals surface area (Å²) in [7, 11) is 9.96. The molecule has 0 aromatic heterocycles. The number of hydrogen-bond donors (Lipinski definition) is 5. The Morgan fingerprint density at radius 3 is 1.32 bits per heavy atom. The highest BCUT2D eigenvalue weighted by Crippen LogP contribution is 2.33. The second-order valence-electron chi connectivity index (χ2n) is 34.8. The molecule has 27 nitrogen and oxygen atoms in total. The number of carbonyl (C=O) groups excluding carboxylic acids is 12. The van der Waals surface area contributed by atoms with E-state index in [1.54, 1.807) is 81.1 Å². The maximum Gasteiger partial charge on any atom is 0.416 e. The van der Waals surface area contributed by atoms with Crippen LogP contribution in [0.4, 0.5) is 13.2 Å². The zero-order valence-electron chi connectivity index (χ0n) is 70.1. The summed E-state index contributed by atoms with van der Waals surface area (Å²) in [4.78, 5) is 192. The van der Waals surface area contributed by atoms with Crippen molar-refractivity contribution < 1.29 is 85.3 Å². The van der Waals surface area contributed by atoms with E-state index < -0.39 is 181 Å². The molecule has 2 aliphatic heterocycles.